The van der Waals surface area contributed by atoms with E-state index in [1.165, 1.54) is 0 Å². The van der Waals surface area contributed by atoms with Gasteiger partial charge in [-0.3, -0.25) is 14.3 Å². The molecule has 0 aliphatic carbocycles. The second-order valence-corrected chi connectivity index (χ2v) is 5.48. The lowest BCUT2D eigenvalue weighted by Crippen LogP contribution is -2.57. The zero-order valence-electron chi connectivity index (χ0n) is 12.3. The van der Waals surface area contributed by atoms with Crippen molar-refractivity contribution in [2.75, 3.05) is 6.54 Å². The highest BCUT2D eigenvalue weighted by Gasteiger charge is 2.32. The molecule has 1 aromatic heterocycles. The van der Waals surface area contributed by atoms with Crippen LogP contribution in [0.2, 0.25) is 0 Å². The second-order valence-electron chi connectivity index (χ2n) is 5.48. The van der Waals surface area contributed by atoms with Gasteiger partial charge in [0.2, 0.25) is 11.8 Å². The third kappa shape index (κ3) is 3.18. The molecule has 0 saturated carbocycles. The molecule has 1 aromatic rings. The number of hydrogen-bond acceptors (Lipinski definition) is 3. The summed E-state index contributed by atoms with van der Waals surface area (Å²) in [5.41, 5.74) is 0.817. The van der Waals surface area contributed by atoms with Gasteiger partial charge in [-0.25, -0.2) is 0 Å². The monoisotopic (exact) mass is 278 g/mol. The fourth-order valence-electron chi connectivity index (χ4n) is 2.34. The number of piperazine rings is 1. The Morgan fingerprint density at radius 3 is 2.80 bits per heavy atom. The molecule has 0 radical (unpaired) electrons. The lowest BCUT2D eigenvalue weighted by molar-refractivity contribution is -0.145. The standard InChI is InChI=1S/C14H22N4O2/c1-4-5-12-14(20)17(9-13(19)15-12)8-11-6-7-18(16-11)10(2)3/h6-7,10,12H,4-5,8-9H2,1-3H3,(H,15,19). The number of hydrogen-bond donors (Lipinski definition) is 1. The molecule has 6 heteroatoms. The van der Waals surface area contributed by atoms with Gasteiger partial charge < -0.3 is 10.2 Å². The van der Waals surface area contributed by atoms with E-state index >= 15 is 0 Å². The molecule has 1 N–H and O–H groups in total. The fourth-order valence-corrected chi connectivity index (χ4v) is 2.34. The van der Waals surface area contributed by atoms with Gasteiger partial charge in [0.05, 0.1) is 12.2 Å². The number of nitrogens with one attached hydrogen (secondary N) is 1. The van der Waals surface area contributed by atoms with Crippen LogP contribution < -0.4 is 5.32 Å². The first kappa shape index (κ1) is 14.6. The first-order valence-corrected chi connectivity index (χ1v) is 7.13. The molecule has 1 fully saturated rings. The van der Waals surface area contributed by atoms with Crippen molar-refractivity contribution in [1.29, 1.82) is 0 Å². The molecule has 1 aliphatic heterocycles. The molecule has 20 heavy (non-hydrogen) atoms. The summed E-state index contributed by atoms with van der Waals surface area (Å²) in [6, 6.07) is 1.81. The minimum atomic E-state index is -0.381. The van der Waals surface area contributed by atoms with E-state index in [1.54, 1.807) is 4.90 Å². The summed E-state index contributed by atoms with van der Waals surface area (Å²) in [7, 11) is 0. The van der Waals surface area contributed by atoms with Crippen LogP contribution in [0, 0.1) is 0 Å². The zero-order chi connectivity index (χ0) is 14.7. The number of nitrogens with zero attached hydrogens (tertiary/aromatic N) is 3. The van der Waals surface area contributed by atoms with E-state index in [9.17, 15) is 9.59 Å². The summed E-state index contributed by atoms with van der Waals surface area (Å²) < 4.78 is 1.85. The largest absolute Gasteiger partial charge is 0.343 e. The summed E-state index contributed by atoms with van der Waals surface area (Å²) in [5.74, 6) is -0.100. The van der Waals surface area contributed by atoms with Gasteiger partial charge >= 0.3 is 0 Å². The number of aromatic nitrogens is 2. The van der Waals surface area contributed by atoms with E-state index in [4.69, 9.17) is 0 Å². The highest BCUT2D eigenvalue weighted by Crippen LogP contribution is 2.12. The fraction of sp³-hybridized carbons (Fsp3) is 0.643. The molecule has 2 amide bonds. The summed E-state index contributed by atoms with van der Waals surface area (Å²) in [5, 5.41) is 7.18. The van der Waals surface area contributed by atoms with Crippen molar-refractivity contribution in [2.45, 2.75) is 52.2 Å². The Morgan fingerprint density at radius 1 is 1.45 bits per heavy atom. The molecule has 1 aliphatic rings. The van der Waals surface area contributed by atoms with Gasteiger partial charge in [0.25, 0.3) is 0 Å². The van der Waals surface area contributed by atoms with Gasteiger partial charge in [0.15, 0.2) is 0 Å². The summed E-state index contributed by atoms with van der Waals surface area (Å²) >= 11 is 0. The van der Waals surface area contributed by atoms with E-state index in [0.717, 1.165) is 12.1 Å². The molecular weight excluding hydrogens is 256 g/mol. The number of carbonyl (C=O) groups is 2. The summed E-state index contributed by atoms with van der Waals surface area (Å²) in [6.07, 6.45) is 3.45. The first-order valence-electron chi connectivity index (χ1n) is 7.13. The van der Waals surface area contributed by atoms with Gasteiger partial charge in [0, 0.05) is 12.2 Å². The third-order valence-corrected chi connectivity index (χ3v) is 3.40. The number of rotatable bonds is 5. The van der Waals surface area contributed by atoms with Crippen molar-refractivity contribution in [1.82, 2.24) is 20.0 Å². The molecule has 6 nitrogen and oxygen atoms in total. The maximum absolute atomic E-state index is 12.3. The molecule has 1 unspecified atom stereocenters. The van der Waals surface area contributed by atoms with Crippen molar-refractivity contribution >= 4 is 11.8 Å². The normalized spacial score (nSPS) is 19.6. The highest BCUT2D eigenvalue weighted by atomic mass is 16.2. The Hall–Kier alpha value is -1.85. The average molecular weight is 278 g/mol. The van der Waals surface area contributed by atoms with E-state index < -0.39 is 0 Å². The Balaban J connectivity index is 2.06. The average Bonchev–Trinajstić information content (AvgIpc) is 2.84. The van der Waals surface area contributed by atoms with Crippen molar-refractivity contribution in [3.8, 4) is 0 Å². The lowest BCUT2D eigenvalue weighted by atomic mass is 10.1. The molecule has 1 atom stereocenters. The predicted octanol–water partition coefficient (Wildman–Crippen LogP) is 1.09. The van der Waals surface area contributed by atoms with Crippen LogP contribution in [0.15, 0.2) is 12.3 Å². The molecular formula is C14H22N4O2. The Labute approximate surface area is 119 Å². The van der Waals surface area contributed by atoms with Crippen LogP contribution in [0.1, 0.15) is 45.3 Å². The predicted molar refractivity (Wildman–Crippen MR) is 74.9 cm³/mol. The third-order valence-electron chi connectivity index (χ3n) is 3.40. The quantitative estimate of drug-likeness (QED) is 0.876. The van der Waals surface area contributed by atoms with Crippen LogP contribution in [-0.4, -0.2) is 39.1 Å². The van der Waals surface area contributed by atoms with Gasteiger partial charge in [-0.2, -0.15) is 5.10 Å². The molecule has 0 aromatic carbocycles. The maximum atomic E-state index is 12.3. The van der Waals surface area contributed by atoms with E-state index in [1.807, 2.05) is 37.7 Å². The minimum Gasteiger partial charge on any atom is -0.343 e. The van der Waals surface area contributed by atoms with Crippen LogP contribution in [0.3, 0.4) is 0 Å². The van der Waals surface area contributed by atoms with Crippen LogP contribution in [0.5, 0.6) is 0 Å². The van der Waals surface area contributed by atoms with Crippen LogP contribution >= 0.6 is 0 Å². The maximum Gasteiger partial charge on any atom is 0.245 e. The summed E-state index contributed by atoms with van der Waals surface area (Å²) in [6.45, 7) is 6.61. The van der Waals surface area contributed by atoms with Gasteiger partial charge in [-0.15, -0.1) is 0 Å². The second kappa shape index (κ2) is 6.07. The molecule has 1 saturated heterocycles. The molecule has 0 spiro atoms. The Bertz CT molecular complexity index is 495. The SMILES string of the molecule is CCCC1NC(=O)CN(Cc2ccn(C(C)C)n2)C1=O. The van der Waals surface area contributed by atoms with Crippen LogP contribution in [-0.2, 0) is 16.1 Å². The highest BCUT2D eigenvalue weighted by molar-refractivity contribution is 5.94. The van der Waals surface area contributed by atoms with Gasteiger partial charge in [0.1, 0.15) is 12.6 Å². The smallest absolute Gasteiger partial charge is 0.245 e. The molecule has 0 bridgehead atoms. The van der Waals surface area contributed by atoms with Crippen molar-refractivity contribution in [3.63, 3.8) is 0 Å². The first-order chi connectivity index (χ1) is 9.51. The Kier molecular flexibility index (Phi) is 4.42. The van der Waals surface area contributed by atoms with E-state index in [-0.39, 0.29) is 30.4 Å². The minimum absolute atomic E-state index is 0.00875. The Morgan fingerprint density at radius 2 is 2.20 bits per heavy atom. The van der Waals surface area contributed by atoms with Gasteiger partial charge in [-0.05, 0) is 26.3 Å². The van der Waals surface area contributed by atoms with E-state index in [2.05, 4.69) is 10.4 Å². The summed E-state index contributed by atoms with van der Waals surface area (Å²) in [4.78, 5) is 25.5. The van der Waals surface area contributed by atoms with Crippen molar-refractivity contribution in [3.05, 3.63) is 18.0 Å². The molecule has 2 heterocycles. The van der Waals surface area contributed by atoms with Crippen LogP contribution in [0.4, 0.5) is 0 Å². The zero-order valence-corrected chi connectivity index (χ0v) is 12.3. The molecule has 110 valence electrons. The number of carbonyl (C=O) groups excluding carboxylic acids is 2. The topological polar surface area (TPSA) is 67.2 Å². The van der Waals surface area contributed by atoms with Gasteiger partial charge in [-0.1, -0.05) is 13.3 Å². The van der Waals surface area contributed by atoms with E-state index in [0.29, 0.717) is 13.0 Å². The van der Waals surface area contributed by atoms with Crippen molar-refractivity contribution < 1.29 is 9.59 Å². The lowest BCUT2D eigenvalue weighted by Gasteiger charge is -2.32. The number of amides is 2. The van der Waals surface area contributed by atoms with Crippen molar-refractivity contribution in [2.24, 2.45) is 0 Å². The van der Waals surface area contributed by atoms with Crippen LogP contribution in [0.25, 0.3) is 0 Å². The molecule has 2 rings (SSSR count).